The molecule has 7 nitrogen and oxygen atoms in total. The molecular weight excluding hydrogens is 447 g/mol. The molecule has 1 aliphatic heterocycles. The third-order valence-corrected chi connectivity index (χ3v) is 6.18. The first-order valence-electron chi connectivity index (χ1n) is 10.4. The molecule has 1 aliphatic rings. The summed E-state index contributed by atoms with van der Waals surface area (Å²) < 4.78 is 1.90. The zero-order valence-electron chi connectivity index (χ0n) is 17.1. The SMILES string of the molecule is O=C(Nc1ncnc2c1nc(-c1ccccc1Cl)n2-c1ccc(Cl)cc1)C1CCNCC1. The zero-order chi connectivity index (χ0) is 22.1. The van der Waals surface area contributed by atoms with Crippen LogP contribution in [0.5, 0.6) is 0 Å². The fourth-order valence-corrected chi connectivity index (χ4v) is 4.29. The molecule has 0 atom stereocenters. The molecule has 0 aliphatic carbocycles. The number of rotatable bonds is 4. The number of aromatic nitrogens is 4. The van der Waals surface area contributed by atoms with Gasteiger partial charge in [0.25, 0.3) is 0 Å². The third kappa shape index (κ3) is 3.95. The maximum Gasteiger partial charge on any atom is 0.228 e. The Hall–Kier alpha value is -3.00. The van der Waals surface area contributed by atoms with Crippen LogP contribution >= 0.6 is 23.2 Å². The van der Waals surface area contributed by atoms with Crippen LogP contribution in [0.25, 0.3) is 28.2 Å². The molecule has 3 heterocycles. The number of amides is 1. The van der Waals surface area contributed by atoms with E-state index in [1.807, 2.05) is 41.0 Å². The number of benzene rings is 2. The second kappa shape index (κ2) is 8.86. The number of hydrogen-bond acceptors (Lipinski definition) is 5. The number of carbonyl (C=O) groups excluding carboxylic acids is 1. The monoisotopic (exact) mass is 466 g/mol. The van der Waals surface area contributed by atoms with E-state index >= 15 is 0 Å². The van der Waals surface area contributed by atoms with Crippen molar-refractivity contribution in [3.8, 4) is 17.1 Å². The van der Waals surface area contributed by atoms with Crippen LogP contribution in [-0.4, -0.2) is 38.5 Å². The van der Waals surface area contributed by atoms with Crippen LogP contribution in [-0.2, 0) is 4.79 Å². The summed E-state index contributed by atoms with van der Waals surface area (Å²) in [6.07, 6.45) is 3.03. The Balaban J connectivity index is 1.66. The molecule has 0 saturated carbocycles. The van der Waals surface area contributed by atoms with Gasteiger partial charge < -0.3 is 10.6 Å². The first-order chi connectivity index (χ1) is 15.6. The van der Waals surface area contributed by atoms with Crippen LogP contribution in [0.2, 0.25) is 10.0 Å². The molecule has 0 unspecified atom stereocenters. The molecule has 9 heteroatoms. The number of piperidine rings is 1. The molecule has 162 valence electrons. The first kappa shape index (κ1) is 20.9. The van der Waals surface area contributed by atoms with E-state index in [1.165, 1.54) is 6.33 Å². The lowest BCUT2D eigenvalue weighted by molar-refractivity contribution is -0.120. The maximum atomic E-state index is 12.9. The number of hydrogen-bond donors (Lipinski definition) is 2. The van der Waals surface area contributed by atoms with E-state index < -0.39 is 0 Å². The molecule has 5 rings (SSSR count). The smallest absolute Gasteiger partial charge is 0.228 e. The predicted octanol–water partition coefficient (Wildman–Crippen LogP) is 4.73. The molecule has 32 heavy (non-hydrogen) atoms. The van der Waals surface area contributed by atoms with Crippen LogP contribution < -0.4 is 10.6 Å². The van der Waals surface area contributed by atoms with Crippen molar-refractivity contribution < 1.29 is 4.79 Å². The van der Waals surface area contributed by atoms with Crippen molar-refractivity contribution in [1.82, 2.24) is 24.8 Å². The molecular formula is C23H20Cl2N6O. The van der Waals surface area contributed by atoms with E-state index in [0.717, 1.165) is 37.2 Å². The van der Waals surface area contributed by atoms with Gasteiger partial charge in [-0.3, -0.25) is 9.36 Å². The average Bonchev–Trinajstić information content (AvgIpc) is 3.21. The van der Waals surface area contributed by atoms with E-state index in [-0.39, 0.29) is 11.8 Å². The minimum Gasteiger partial charge on any atom is -0.317 e. The second-order valence-corrected chi connectivity index (χ2v) is 8.48. The lowest BCUT2D eigenvalue weighted by Crippen LogP contribution is -2.34. The summed E-state index contributed by atoms with van der Waals surface area (Å²) in [4.78, 5) is 26.5. The van der Waals surface area contributed by atoms with E-state index in [0.29, 0.717) is 32.9 Å². The van der Waals surface area contributed by atoms with E-state index in [1.54, 1.807) is 12.1 Å². The maximum absolute atomic E-state index is 12.9. The van der Waals surface area contributed by atoms with Gasteiger partial charge in [-0.05, 0) is 62.3 Å². The molecule has 2 aromatic carbocycles. The highest BCUT2D eigenvalue weighted by Gasteiger charge is 2.24. The summed E-state index contributed by atoms with van der Waals surface area (Å²) >= 11 is 12.6. The molecule has 1 fully saturated rings. The van der Waals surface area contributed by atoms with Crippen molar-refractivity contribution in [3.63, 3.8) is 0 Å². The lowest BCUT2D eigenvalue weighted by atomic mass is 9.97. The van der Waals surface area contributed by atoms with Crippen molar-refractivity contribution in [2.75, 3.05) is 18.4 Å². The van der Waals surface area contributed by atoms with Gasteiger partial charge in [0.2, 0.25) is 5.91 Å². The molecule has 4 aromatic rings. The molecule has 1 saturated heterocycles. The quantitative estimate of drug-likeness (QED) is 0.454. The Kier molecular flexibility index (Phi) is 5.78. The number of nitrogens with one attached hydrogen (secondary N) is 2. The van der Waals surface area contributed by atoms with Crippen LogP contribution in [0.3, 0.4) is 0 Å². The van der Waals surface area contributed by atoms with Gasteiger partial charge in [0, 0.05) is 22.2 Å². The number of nitrogens with zero attached hydrogens (tertiary/aromatic N) is 4. The second-order valence-electron chi connectivity index (χ2n) is 7.64. The molecule has 2 N–H and O–H groups in total. The Morgan fingerprint density at radius 1 is 1.03 bits per heavy atom. The van der Waals surface area contributed by atoms with Crippen LogP contribution in [0.4, 0.5) is 5.82 Å². The molecule has 0 radical (unpaired) electrons. The van der Waals surface area contributed by atoms with Crippen molar-refractivity contribution in [2.45, 2.75) is 12.8 Å². The molecule has 1 amide bonds. The predicted molar refractivity (Wildman–Crippen MR) is 126 cm³/mol. The van der Waals surface area contributed by atoms with Gasteiger partial charge in [0.15, 0.2) is 17.0 Å². The number of halogens is 2. The summed E-state index contributed by atoms with van der Waals surface area (Å²) in [6, 6.07) is 14.9. The van der Waals surface area contributed by atoms with Crippen LogP contribution in [0, 0.1) is 5.92 Å². The van der Waals surface area contributed by atoms with Crippen LogP contribution in [0.15, 0.2) is 54.9 Å². The largest absolute Gasteiger partial charge is 0.317 e. The van der Waals surface area contributed by atoms with E-state index in [4.69, 9.17) is 28.2 Å². The summed E-state index contributed by atoms with van der Waals surface area (Å²) in [5.74, 6) is 0.889. The van der Waals surface area contributed by atoms with E-state index in [2.05, 4.69) is 20.6 Å². The zero-order valence-corrected chi connectivity index (χ0v) is 18.6. The number of carbonyl (C=O) groups is 1. The van der Waals surface area contributed by atoms with Gasteiger partial charge in [-0.1, -0.05) is 35.3 Å². The minimum atomic E-state index is -0.0531. The normalized spacial score (nSPS) is 14.6. The third-order valence-electron chi connectivity index (χ3n) is 5.60. The number of imidazole rings is 1. The molecule has 0 spiro atoms. The molecule has 2 aromatic heterocycles. The number of anilines is 1. The lowest BCUT2D eigenvalue weighted by Gasteiger charge is -2.21. The van der Waals surface area contributed by atoms with Gasteiger partial charge in [0.1, 0.15) is 12.2 Å². The van der Waals surface area contributed by atoms with Crippen molar-refractivity contribution in [3.05, 3.63) is 64.9 Å². The Bertz CT molecular complexity index is 1280. The Morgan fingerprint density at radius 2 is 1.78 bits per heavy atom. The van der Waals surface area contributed by atoms with Gasteiger partial charge in [-0.25, -0.2) is 15.0 Å². The van der Waals surface area contributed by atoms with Gasteiger partial charge in [-0.2, -0.15) is 0 Å². The fraction of sp³-hybridized carbons (Fsp3) is 0.217. The molecule has 0 bridgehead atoms. The summed E-state index contributed by atoms with van der Waals surface area (Å²) in [5.41, 5.74) is 2.64. The summed E-state index contributed by atoms with van der Waals surface area (Å²) in [6.45, 7) is 1.66. The Morgan fingerprint density at radius 3 is 2.53 bits per heavy atom. The van der Waals surface area contributed by atoms with Crippen molar-refractivity contribution in [1.29, 1.82) is 0 Å². The standard InChI is InChI=1S/C23H20Cl2N6O/c24-15-5-7-16(8-6-15)31-21(17-3-1-2-4-18(17)25)29-19-20(27-13-28-22(19)31)30-23(32)14-9-11-26-12-10-14/h1-8,13-14,26H,9-12H2,(H,27,28,30,32). The van der Waals surface area contributed by atoms with Crippen molar-refractivity contribution in [2.24, 2.45) is 5.92 Å². The van der Waals surface area contributed by atoms with Crippen molar-refractivity contribution >= 4 is 46.1 Å². The summed E-state index contributed by atoms with van der Waals surface area (Å²) in [5, 5.41) is 7.44. The first-order valence-corrected chi connectivity index (χ1v) is 11.1. The topological polar surface area (TPSA) is 84.7 Å². The van der Waals surface area contributed by atoms with Gasteiger partial charge in [0.05, 0.1) is 5.02 Å². The fourth-order valence-electron chi connectivity index (χ4n) is 3.94. The number of fused-ring (bicyclic) bond motifs is 1. The average molecular weight is 467 g/mol. The van der Waals surface area contributed by atoms with E-state index in [9.17, 15) is 4.79 Å². The highest BCUT2D eigenvalue weighted by molar-refractivity contribution is 6.33. The Labute approximate surface area is 194 Å². The minimum absolute atomic E-state index is 0.0492. The highest BCUT2D eigenvalue weighted by atomic mass is 35.5. The van der Waals surface area contributed by atoms with Gasteiger partial charge in [-0.15, -0.1) is 0 Å². The highest BCUT2D eigenvalue weighted by Crippen LogP contribution is 2.34. The summed E-state index contributed by atoms with van der Waals surface area (Å²) in [7, 11) is 0. The van der Waals surface area contributed by atoms with Crippen LogP contribution in [0.1, 0.15) is 12.8 Å². The van der Waals surface area contributed by atoms with Gasteiger partial charge >= 0.3 is 0 Å².